The minimum absolute atomic E-state index is 0.0233. The summed E-state index contributed by atoms with van der Waals surface area (Å²) < 4.78 is 30.7. The zero-order chi connectivity index (χ0) is 19.3. The Morgan fingerprint density at radius 2 is 1.81 bits per heavy atom. The van der Waals surface area contributed by atoms with Crippen LogP contribution >= 0.6 is 23.2 Å². The molecule has 1 atom stereocenters. The Morgan fingerprint density at radius 3 is 2.38 bits per heavy atom. The van der Waals surface area contributed by atoms with Crippen LogP contribution in [0.15, 0.2) is 52.3 Å². The Bertz CT molecular complexity index is 1030. The van der Waals surface area contributed by atoms with E-state index in [0.29, 0.717) is 11.3 Å². The molecule has 0 aromatic heterocycles. The summed E-state index contributed by atoms with van der Waals surface area (Å²) in [6.07, 6.45) is 0.612. The first kappa shape index (κ1) is 19.8. The van der Waals surface area contributed by atoms with E-state index in [1.807, 2.05) is 6.07 Å². The van der Waals surface area contributed by atoms with Crippen molar-refractivity contribution in [3.05, 3.63) is 63.0 Å². The number of halogens is 2. The number of nitrogens with zero attached hydrogens (tertiary/aromatic N) is 2. The van der Waals surface area contributed by atoms with E-state index in [9.17, 15) is 13.7 Å². The van der Waals surface area contributed by atoms with Crippen LogP contribution in [0.5, 0.6) is 5.75 Å². The van der Waals surface area contributed by atoms with Gasteiger partial charge < -0.3 is 4.74 Å². The molecule has 26 heavy (non-hydrogen) atoms. The van der Waals surface area contributed by atoms with Crippen LogP contribution in [0.3, 0.4) is 0 Å². The van der Waals surface area contributed by atoms with Gasteiger partial charge >= 0.3 is 0 Å². The third kappa shape index (κ3) is 4.56. The van der Waals surface area contributed by atoms with E-state index < -0.39 is 20.8 Å². The topological polar surface area (TPSA) is 90.9 Å². The van der Waals surface area contributed by atoms with E-state index in [-0.39, 0.29) is 14.9 Å². The molecule has 0 saturated heterocycles. The fourth-order valence-corrected chi connectivity index (χ4v) is 3.91. The Hall–Kier alpha value is -2.51. The lowest BCUT2D eigenvalue weighted by Gasteiger charge is -2.08. The van der Waals surface area contributed by atoms with Crippen LogP contribution in [-0.2, 0) is 9.84 Å². The predicted octanol–water partition coefficient (Wildman–Crippen LogP) is 4.62. The summed E-state index contributed by atoms with van der Waals surface area (Å²) in [6, 6.07) is 13.9. The SMILES string of the molecule is CC(C#N)Oc1ccc(/C=C(/C#N)S(=O)(=O)c2cc(Cl)ccc2Cl)cc1. The van der Waals surface area contributed by atoms with Crippen LogP contribution in [0, 0.1) is 22.7 Å². The number of allylic oxidation sites excluding steroid dienone is 1. The lowest BCUT2D eigenvalue weighted by atomic mass is 10.2. The van der Waals surface area contributed by atoms with Gasteiger partial charge in [0.15, 0.2) is 6.10 Å². The van der Waals surface area contributed by atoms with Crippen molar-refractivity contribution in [2.24, 2.45) is 0 Å². The lowest BCUT2D eigenvalue weighted by Crippen LogP contribution is -2.07. The molecule has 0 N–H and O–H groups in total. The van der Waals surface area contributed by atoms with Crippen molar-refractivity contribution in [3.63, 3.8) is 0 Å². The molecule has 0 bridgehead atoms. The third-order valence-electron chi connectivity index (χ3n) is 3.25. The summed E-state index contributed by atoms with van der Waals surface area (Å²) in [5.41, 5.74) is 0.472. The quantitative estimate of drug-likeness (QED) is 0.675. The van der Waals surface area contributed by atoms with Crippen molar-refractivity contribution in [3.8, 4) is 17.9 Å². The Balaban J connectivity index is 2.40. The fraction of sp³-hybridized carbons (Fsp3) is 0.111. The molecular weight excluding hydrogens is 395 g/mol. The van der Waals surface area contributed by atoms with Gasteiger partial charge in [0.25, 0.3) is 0 Å². The van der Waals surface area contributed by atoms with Crippen molar-refractivity contribution in [1.82, 2.24) is 0 Å². The van der Waals surface area contributed by atoms with Crippen molar-refractivity contribution < 1.29 is 13.2 Å². The number of hydrogen-bond donors (Lipinski definition) is 0. The molecule has 1 unspecified atom stereocenters. The summed E-state index contributed by atoms with van der Waals surface area (Å²) in [7, 11) is -4.13. The van der Waals surface area contributed by atoms with Gasteiger partial charge in [0.05, 0.1) is 9.92 Å². The summed E-state index contributed by atoms with van der Waals surface area (Å²) in [5.74, 6) is 0.454. The van der Waals surface area contributed by atoms with Crippen molar-refractivity contribution >= 4 is 39.1 Å². The van der Waals surface area contributed by atoms with Gasteiger partial charge in [-0.25, -0.2) is 8.42 Å². The van der Waals surface area contributed by atoms with Gasteiger partial charge in [0, 0.05) is 5.02 Å². The van der Waals surface area contributed by atoms with E-state index in [4.69, 9.17) is 33.2 Å². The second-order valence-electron chi connectivity index (χ2n) is 5.16. The summed E-state index contributed by atoms with van der Waals surface area (Å²) >= 11 is 11.8. The number of rotatable bonds is 5. The van der Waals surface area contributed by atoms with Crippen molar-refractivity contribution in [2.45, 2.75) is 17.9 Å². The molecule has 0 radical (unpaired) electrons. The van der Waals surface area contributed by atoms with Crippen LogP contribution in [0.25, 0.3) is 6.08 Å². The van der Waals surface area contributed by atoms with Gasteiger partial charge in [-0.15, -0.1) is 0 Å². The van der Waals surface area contributed by atoms with E-state index in [2.05, 4.69) is 0 Å². The first-order chi connectivity index (χ1) is 12.3. The molecule has 0 saturated carbocycles. The maximum absolute atomic E-state index is 12.7. The maximum atomic E-state index is 12.7. The molecule has 2 aromatic carbocycles. The number of hydrogen-bond acceptors (Lipinski definition) is 5. The standard InChI is InChI=1S/C18H12Cl2N2O3S/c1-12(10-21)25-15-5-2-13(3-6-15)8-16(11-22)26(23,24)18-9-14(19)4-7-17(18)20/h2-9,12H,1H3/b16-8-. The molecule has 0 aliphatic heterocycles. The maximum Gasteiger partial charge on any atom is 0.218 e. The van der Waals surface area contributed by atoms with Crippen LogP contribution in [-0.4, -0.2) is 14.5 Å². The number of benzene rings is 2. The molecule has 0 fully saturated rings. The fourth-order valence-electron chi connectivity index (χ4n) is 2.00. The third-order valence-corrected chi connectivity index (χ3v) is 5.64. The minimum Gasteiger partial charge on any atom is -0.476 e. The number of nitriles is 2. The van der Waals surface area contributed by atoms with E-state index in [1.54, 1.807) is 37.3 Å². The predicted molar refractivity (Wildman–Crippen MR) is 99.4 cm³/mol. The Morgan fingerprint density at radius 1 is 1.15 bits per heavy atom. The van der Waals surface area contributed by atoms with Crippen molar-refractivity contribution in [1.29, 1.82) is 10.5 Å². The largest absolute Gasteiger partial charge is 0.476 e. The van der Waals surface area contributed by atoms with E-state index in [0.717, 1.165) is 0 Å². The van der Waals surface area contributed by atoms with E-state index in [1.165, 1.54) is 24.3 Å². The van der Waals surface area contributed by atoms with Crippen molar-refractivity contribution in [2.75, 3.05) is 0 Å². The zero-order valence-electron chi connectivity index (χ0n) is 13.5. The van der Waals surface area contributed by atoms with Crippen LogP contribution < -0.4 is 4.74 Å². The average molecular weight is 407 g/mol. The highest BCUT2D eigenvalue weighted by atomic mass is 35.5. The second kappa shape index (κ2) is 8.25. The molecule has 5 nitrogen and oxygen atoms in total. The van der Waals surface area contributed by atoms with Crippen LogP contribution in [0.4, 0.5) is 0 Å². The molecule has 132 valence electrons. The van der Waals surface area contributed by atoms with Gasteiger partial charge in [-0.3, -0.25) is 0 Å². The molecule has 2 aromatic rings. The van der Waals surface area contributed by atoms with Crippen LogP contribution in [0.1, 0.15) is 12.5 Å². The molecule has 0 aliphatic carbocycles. The second-order valence-corrected chi connectivity index (χ2v) is 7.89. The molecule has 0 spiro atoms. The Labute approximate surface area is 161 Å². The van der Waals surface area contributed by atoms with Gasteiger partial charge in [0.2, 0.25) is 9.84 Å². The molecule has 0 heterocycles. The van der Waals surface area contributed by atoms with Gasteiger partial charge in [0.1, 0.15) is 22.8 Å². The minimum atomic E-state index is -4.13. The summed E-state index contributed by atoms with van der Waals surface area (Å²) in [4.78, 5) is -0.706. The zero-order valence-corrected chi connectivity index (χ0v) is 15.8. The lowest BCUT2D eigenvalue weighted by molar-refractivity contribution is 0.276. The van der Waals surface area contributed by atoms with Gasteiger partial charge in [-0.05, 0) is 48.9 Å². The first-order valence-corrected chi connectivity index (χ1v) is 9.50. The molecule has 8 heteroatoms. The highest BCUT2D eigenvalue weighted by molar-refractivity contribution is 7.95. The number of ether oxygens (including phenoxy) is 1. The van der Waals surface area contributed by atoms with Crippen LogP contribution in [0.2, 0.25) is 10.0 Å². The summed E-state index contributed by atoms with van der Waals surface area (Å²) in [5, 5.41) is 18.2. The average Bonchev–Trinajstić information content (AvgIpc) is 2.62. The highest BCUT2D eigenvalue weighted by Crippen LogP contribution is 2.30. The number of sulfone groups is 1. The Kier molecular flexibility index (Phi) is 6.28. The van der Waals surface area contributed by atoms with Gasteiger partial charge in [-0.1, -0.05) is 35.3 Å². The normalized spacial score (nSPS) is 12.7. The smallest absolute Gasteiger partial charge is 0.218 e. The molecular formula is C18H12Cl2N2O3S. The first-order valence-electron chi connectivity index (χ1n) is 7.26. The van der Waals surface area contributed by atoms with Gasteiger partial charge in [-0.2, -0.15) is 10.5 Å². The molecule has 2 rings (SSSR count). The summed E-state index contributed by atoms with van der Waals surface area (Å²) in [6.45, 7) is 1.60. The monoisotopic (exact) mass is 406 g/mol. The van der Waals surface area contributed by atoms with E-state index >= 15 is 0 Å². The molecule has 0 amide bonds. The highest BCUT2D eigenvalue weighted by Gasteiger charge is 2.24. The molecule has 0 aliphatic rings.